The number of phenolic OH excluding ortho intramolecular Hbond substituents is 1. The van der Waals surface area contributed by atoms with Gasteiger partial charge < -0.3 is 20.3 Å². The van der Waals surface area contributed by atoms with Crippen molar-refractivity contribution in [3.05, 3.63) is 60.2 Å². The third kappa shape index (κ3) is 2.36. The number of nitrogens with zero attached hydrogens (tertiary/aromatic N) is 1. The van der Waals surface area contributed by atoms with Gasteiger partial charge >= 0.3 is 0 Å². The molecule has 4 atom stereocenters. The molecule has 4 rings (SSSR count). The first-order chi connectivity index (χ1) is 13.4. The second-order valence-corrected chi connectivity index (χ2v) is 7.28. The molecule has 2 heterocycles. The van der Waals surface area contributed by atoms with Crippen LogP contribution in [0.3, 0.4) is 0 Å². The molecule has 2 aliphatic heterocycles. The molecule has 2 aromatic rings. The van der Waals surface area contributed by atoms with Gasteiger partial charge in [-0.05, 0) is 24.3 Å². The van der Waals surface area contributed by atoms with Crippen LogP contribution in [0.2, 0.25) is 0 Å². The van der Waals surface area contributed by atoms with E-state index in [1.165, 1.54) is 11.4 Å². The highest BCUT2D eigenvalue weighted by Gasteiger charge is 2.69. The third-order valence-corrected chi connectivity index (χ3v) is 6.05. The number of benzene rings is 2. The smallest absolute Gasteiger partial charge is 0.244 e. The number of hydrogen-bond donors (Lipinski definition) is 2. The average Bonchev–Trinajstić information content (AvgIpc) is 3.17. The summed E-state index contributed by atoms with van der Waals surface area (Å²) < 4.78 is 0. The zero-order chi connectivity index (χ0) is 20.1. The van der Waals surface area contributed by atoms with Crippen molar-refractivity contribution in [2.75, 3.05) is 4.90 Å². The van der Waals surface area contributed by atoms with Crippen molar-refractivity contribution in [1.29, 1.82) is 0 Å². The molecule has 0 saturated carbocycles. The van der Waals surface area contributed by atoms with Gasteiger partial charge in [0.1, 0.15) is 35.1 Å². The summed E-state index contributed by atoms with van der Waals surface area (Å²) in [5.74, 6) is -4.38. The minimum atomic E-state index is -1.58. The van der Waals surface area contributed by atoms with Gasteiger partial charge in [-0.15, -0.1) is 0 Å². The zero-order valence-corrected chi connectivity index (χ0v) is 15.2. The minimum absolute atomic E-state index is 0.0360. The minimum Gasteiger partial charge on any atom is -0.544 e. The standard InChI is InChI=1S/C21H20N2O5/c1-2-21(20(27)28)16-15(17(22-21)13-10-6-7-11-14(13)24)18(25)23(19(16)26)12-8-4-3-5-9-12/h3-11,15-17,22,24H,2H2,1H3,(H,27,28)/t15-,16-,17-,21+/m0/s1. The summed E-state index contributed by atoms with van der Waals surface area (Å²) in [4.78, 5) is 39.8. The number of amides is 2. The Balaban J connectivity index is 1.88. The Morgan fingerprint density at radius 2 is 1.75 bits per heavy atom. The summed E-state index contributed by atoms with van der Waals surface area (Å²) in [7, 11) is 0. The van der Waals surface area contributed by atoms with Gasteiger partial charge in [0.25, 0.3) is 0 Å². The van der Waals surface area contributed by atoms with E-state index in [-0.39, 0.29) is 12.2 Å². The number of carboxylic acid groups (broad SMARTS) is 1. The van der Waals surface area contributed by atoms with E-state index in [2.05, 4.69) is 0 Å². The summed E-state index contributed by atoms with van der Waals surface area (Å²) in [5.41, 5.74) is -0.732. The Bertz CT molecular complexity index is 960. The summed E-state index contributed by atoms with van der Waals surface area (Å²) >= 11 is 0. The molecule has 28 heavy (non-hydrogen) atoms. The van der Waals surface area contributed by atoms with Crippen molar-refractivity contribution in [2.45, 2.75) is 24.9 Å². The molecule has 2 fully saturated rings. The molecule has 7 heteroatoms. The number of nitrogens with two attached hydrogens (primary N) is 1. The van der Waals surface area contributed by atoms with E-state index < -0.39 is 41.2 Å². The molecule has 0 unspecified atom stereocenters. The molecule has 0 radical (unpaired) electrons. The first kappa shape index (κ1) is 18.2. The van der Waals surface area contributed by atoms with E-state index in [0.717, 1.165) is 4.90 Å². The molecule has 3 N–H and O–H groups in total. The number of carboxylic acids is 1. The van der Waals surface area contributed by atoms with Crippen LogP contribution in [0.25, 0.3) is 0 Å². The van der Waals surface area contributed by atoms with Gasteiger partial charge in [-0.2, -0.15) is 0 Å². The van der Waals surface area contributed by atoms with E-state index >= 15 is 0 Å². The van der Waals surface area contributed by atoms with Crippen molar-refractivity contribution in [3.63, 3.8) is 0 Å². The number of rotatable bonds is 4. The Hall–Kier alpha value is -3.19. The molecule has 0 bridgehead atoms. The van der Waals surface area contributed by atoms with Gasteiger partial charge in [0, 0.05) is 6.42 Å². The fourth-order valence-electron chi connectivity index (χ4n) is 4.68. The number of carbonyl (C=O) groups is 3. The van der Waals surface area contributed by atoms with Crippen molar-refractivity contribution in [1.82, 2.24) is 0 Å². The highest BCUT2D eigenvalue weighted by molar-refractivity contribution is 6.23. The topological polar surface area (TPSA) is 114 Å². The van der Waals surface area contributed by atoms with Crippen molar-refractivity contribution in [2.24, 2.45) is 11.8 Å². The van der Waals surface area contributed by atoms with E-state index in [0.29, 0.717) is 11.3 Å². The van der Waals surface area contributed by atoms with E-state index in [1.54, 1.807) is 55.5 Å². The summed E-state index contributed by atoms with van der Waals surface area (Å²) in [6.07, 6.45) is 0.113. The first-order valence-corrected chi connectivity index (χ1v) is 9.20. The number of aromatic hydroxyl groups is 1. The highest BCUT2D eigenvalue weighted by Crippen LogP contribution is 2.47. The molecule has 2 aromatic carbocycles. The van der Waals surface area contributed by atoms with Crippen LogP contribution in [-0.2, 0) is 14.4 Å². The van der Waals surface area contributed by atoms with Crippen LogP contribution in [-0.4, -0.2) is 28.4 Å². The molecule has 0 aliphatic carbocycles. The van der Waals surface area contributed by atoms with Crippen LogP contribution in [0.1, 0.15) is 24.9 Å². The second-order valence-electron chi connectivity index (χ2n) is 7.28. The Kier molecular flexibility index (Phi) is 4.19. The molecular weight excluding hydrogens is 360 g/mol. The maximum Gasteiger partial charge on any atom is 0.244 e. The Morgan fingerprint density at radius 1 is 1.11 bits per heavy atom. The van der Waals surface area contributed by atoms with Crippen molar-refractivity contribution < 1.29 is 29.9 Å². The Labute approximate surface area is 161 Å². The number of anilines is 1. The number of para-hydroxylation sites is 2. The van der Waals surface area contributed by atoms with Gasteiger partial charge in [0.2, 0.25) is 11.8 Å². The molecular formula is C21H20N2O5. The largest absolute Gasteiger partial charge is 0.544 e. The first-order valence-electron chi connectivity index (χ1n) is 9.20. The highest BCUT2D eigenvalue weighted by atomic mass is 16.4. The van der Waals surface area contributed by atoms with Crippen LogP contribution >= 0.6 is 0 Å². The predicted molar refractivity (Wildman–Crippen MR) is 96.7 cm³/mol. The third-order valence-electron chi connectivity index (χ3n) is 6.05. The lowest BCUT2D eigenvalue weighted by Crippen LogP contribution is -2.99. The predicted octanol–water partition coefficient (Wildman–Crippen LogP) is -0.285. The maximum absolute atomic E-state index is 13.3. The molecule has 144 valence electrons. The van der Waals surface area contributed by atoms with Gasteiger partial charge in [0.15, 0.2) is 0 Å². The zero-order valence-electron chi connectivity index (χ0n) is 15.2. The maximum atomic E-state index is 13.3. The van der Waals surface area contributed by atoms with Crippen LogP contribution < -0.4 is 15.3 Å². The summed E-state index contributed by atoms with van der Waals surface area (Å²) in [5, 5.41) is 24.0. The lowest BCUT2D eigenvalue weighted by molar-refractivity contribution is -0.739. The summed E-state index contributed by atoms with van der Waals surface area (Å²) in [6.45, 7) is 1.67. The molecule has 2 aliphatic rings. The van der Waals surface area contributed by atoms with Gasteiger partial charge in [0.05, 0.1) is 11.3 Å². The second kappa shape index (κ2) is 6.45. The number of hydrogen-bond acceptors (Lipinski definition) is 5. The lowest BCUT2D eigenvalue weighted by atomic mass is 9.78. The average molecular weight is 380 g/mol. The Morgan fingerprint density at radius 3 is 2.36 bits per heavy atom. The van der Waals surface area contributed by atoms with Crippen LogP contribution in [0.4, 0.5) is 5.69 Å². The molecule has 2 amide bonds. The number of aliphatic carboxylic acids is 1. The fourth-order valence-corrected chi connectivity index (χ4v) is 4.68. The van der Waals surface area contributed by atoms with Crippen LogP contribution in [0.15, 0.2) is 54.6 Å². The van der Waals surface area contributed by atoms with Crippen molar-refractivity contribution >= 4 is 23.5 Å². The number of fused-ring (bicyclic) bond motifs is 1. The van der Waals surface area contributed by atoms with Gasteiger partial charge in [-0.1, -0.05) is 37.3 Å². The fraction of sp³-hybridized carbons (Fsp3) is 0.286. The lowest BCUT2D eigenvalue weighted by Gasteiger charge is -2.31. The molecule has 7 nitrogen and oxygen atoms in total. The molecule has 0 aromatic heterocycles. The van der Waals surface area contributed by atoms with E-state index in [4.69, 9.17) is 0 Å². The number of quaternary nitrogens is 1. The summed E-state index contributed by atoms with van der Waals surface area (Å²) in [6, 6.07) is 14.3. The van der Waals surface area contributed by atoms with Crippen molar-refractivity contribution in [3.8, 4) is 5.75 Å². The van der Waals surface area contributed by atoms with Crippen LogP contribution in [0.5, 0.6) is 5.75 Å². The van der Waals surface area contributed by atoms with E-state index in [9.17, 15) is 24.6 Å². The normalized spacial score (nSPS) is 29.2. The van der Waals surface area contributed by atoms with Gasteiger partial charge in [-0.25, -0.2) is 4.90 Å². The quantitative estimate of drug-likeness (QED) is 0.708. The molecule has 0 spiro atoms. The SMILES string of the molecule is CC[C@@]1(C(=O)[O-])[NH2+][C@@H](c2ccccc2O)[C@H]2C(=O)N(c3ccccc3)C(=O)[C@H]21. The number of phenols is 1. The number of imide groups is 1. The molecule has 2 saturated heterocycles. The van der Waals surface area contributed by atoms with Crippen LogP contribution in [0, 0.1) is 11.8 Å². The number of carbonyl (C=O) groups excluding carboxylic acids is 3. The monoisotopic (exact) mass is 380 g/mol. The van der Waals surface area contributed by atoms with E-state index in [1.807, 2.05) is 0 Å². The van der Waals surface area contributed by atoms with Gasteiger partial charge in [-0.3, -0.25) is 9.59 Å².